The Morgan fingerprint density at radius 2 is 2.11 bits per heavy atom. The summed E-state index contributed by atoms with van der Waals surface area (Å²) in [6.07, 6.45) is 3.89. The summed E-state index contributed by atoms with van der Waals surface area (Å²) >= 11 is 1.30. The third kappa shape index (κ3) is 2.64. The molecule has 0 amide bonds. The fraction of sp³-hybridized carbons (Fsp3) is 0.818. The largest absolute Gasteiger partial charge is 0.313 e. The molecule has 0 unspecified atom stereocenters. The monoisotopic (exact) mass is 270 g/mol. The number of anilines is 1. The number of likely N-dealkylation sites (N-methyl/N-ethyl adjacent to an activating group) is 2. The zero-order chi connectivity index (χ0) is 13.2. The van der Waals surface area contributed by atoms with Crippen LogP contribution in [0.15, 0.2) is 0 Å². The number of hydrazine groups is 1. The lowest BCUT2D eigenvalue weighted by Crippen LogP contribution is -2.56. The van der Waals surface area contributed by atoms with Gasteiger partial charge in [-0.1, -0.05) is 4.49 Å². The highest BCUT2D eigenvalue weighted by Gasteiger charge is 2.39. The molecule has 102 valence electrons. The van der Waals surface area contributed by atoms with E-state index < -0.39 is 0 Å². The minimum atomic E-state index is 0.342. The maximum atomic E-state index is 5.44. The maximum absolute atomic E-state index is 5.44. The topological polar surface area (TPSA) is 70.3 Å². The predicted molar refractivity (Wildman–Crippen MR) is 74.3 cm³/mol. The van der Waals surface area contributed by atoms with Crippen LogP contribution >= 0.6 is 11.5 Å². The van der Waals surface area contributed by atoms with Gasteiger partial charge in [0.05, 0.1) is 0 Å². The fourth-order valence-corrected chi connectivity index (χ4v) is 3.05. The van der Waals surface area contributed by atoms with Crippen LogP contribution in [0.5, 0.6) is 0 Å². The number of hydrogen-bond donors (Lipinski definition) is 2. The van der Waals surface area contributed by atoms with Gasteiger partial charge in [0.25, 0.3) is 0 Å². The van der Waals surface area contributed by atoms with Crippen LogP contribution in [-0.2, 0) is 6.54 Å². The molecule has 18 heavy (non-hydrogen) atoms. The third-order valence-electron chi connectivity index (χ3n) is 3.90. The molecule has 1 heterocycles. The highest BCUT2D eigenvalue weighted by atomic mass is 32.1. The van der Waals surface area contributed by atoms with Gasteiger partial charge in [0.1, 0.15) is 10.7 Å². The maximum Gasteiger partial charge on any atom is 0.148 e. The van der Waals surface area contributed by atoms with Gasteiger partial charge in [0.2, 0.25) is 0 Å². The molecule has 0 bridgehead atoms. The lowest BCUT2D eigenvalue weighted by Gasteiger charge is -2.49. The quantitative estimate of drug-likeness (QED) is 0.587. The highest BCUT2D eigenvalue weighted by molar-refractivity contribution is 7.10. The van der Waals surface area contributed by atoms with Crippen LogP contribution in [0, 0.1) is 0 Å². The third-order valence-corrected chi connectivity index (χ3v) is 4.60. The minimum absolute atomic E-state index is 0.342. The van der Waals surface area contributed by atoms with Gasteiger partial charge in [-0.05, 0) is 40.4 Å². The average molecular weight is 270 g/mol. The lowest BCUT2D eigenvalue weighted by molar-refractivity contribution is 0.0256. The zero-order valence-corrected chi connectivity index (χ0v) is 12.1. The number of rotatable bonds is 6. The van der Waals surface area contributed by atoms with Crippen molar-refractivity contribution < 1.29 is 0 Å². The van der Waals surface area contributed by atoms with Crippen molar-refractivity contribution in [2.45, 2.75) is 31.3 Å². The first-order valence-electron chi connectivity index (χ1n) is 6.21. The molecule has 0 spiro atoms. The predicted octanol–water partition coefficient (Wildman–Crippen LogP) is 0.740. The SMILES string of the molecule is CN(Cc1nnsc1NN)CC1(N(C)C)CCC1. The molecule has 0 atom stereocenters. The summed E-state index contributed by atoms with van der Waals surface area (Å²) < 4.78 is 3.92. The van der Waals surface area contributed by atoms with Crippen molar-refractivity contribution >= 4 is 16.5 Å². The van der Waals surface area contributed by atoms with E-state index in [-0.39, 0.29) is 0 Å². The van der Waals surface area contributed by atoms with Gasteiger partial charge >= 0.3 is 0 Å². The molecular weight excluding hydrogens is 248 g/mol. The van der Waals surface area contributed by atoms with Crippen LogP contribution in [-0.4, -0.2) is 52.6 Å². The summed E-state index contributed by atoms with van der Waals surface area (Å²) in [5.74, 6) is 5.44. The molecule has 0 radical (unpaired) electrons. The number of nitrogen functional groups attached to an aromatic ring is 1. The van der Waals surface area contributed by atoms with E-state index in [9.17, 15) is 0 Å². The number of aromatic nitrogens is 2. The minimum Gasteiger partial charge on any atom is -0.313 e. The second-order valence-electron chi connectivity index (χ2n) is 5.34. The Bertz CT molecular complexity index is 387. The molecule has 3 N–H and O–H groups in total. The van der Waals surface area contributed by atoms with Gasteiger partial charge in [-0.2, -0.15) is 0 Å². The van der Waals surface area contributed by atoms with Gasteiger partial charge in [-0.15, -0.1) is 5.10 Å². The molecule has 6 nitrogen and oxygen atoms in total. The van der Waals surface area contributed by atoms with Gasteiger partial charge in [-0.3, -0.25) is 4.90 Å². The van der Waals surface area contributed by atoms with E-state index in [0.717, 1.165) is 23.8 Å². The molecule has 0 aliphatic heterocycles. The van der Waals surface area contributed by atoms with E-state index in [1.54, 1.807) is 0 Å². The van der Waals surface area contributed by atoms with E-state index in [2.05, 4.69) is 46.0 Å². The van der Waals surface area contributed by atoms with Crippen molar-refractivity contribution in [2.24, 2.45) is 5.84 Å². The molecule has 1 fully saturated rings. The molecule has 0 aromatic carbocycles. The fourth-order valence-electron chi connectivity index (χ4n) is 2.57. The van der Waals surface area contributed by atoms with Crippen molar-refractivity contribution in [3.8, 4) is 0 Å². The lowest BCUT2D eigenvalue weighted by atomic mass is 9.75. The Kier molecular flexibility index (Phi) is 4.16. The Hall–Kier alpha value is -0.760. The van der Waals surface area contributed by atoms with Crippen LogP contribution < -0.4 is 11.3 Å². The van der Waals surface area contributed by atoms with Gasteiger partial charge in [0, 0.05) is 30.2 Å². The van der Waals surface area contributed by atoms with Crippen molar-refractivity contribution in [2.75, 3.05) is 33.1 Å². The summed E-state index contributed by atoms with van der Waals surface area (Å²) in [7, 11) is 6.47. The average Bonchev–Trinajstić information content (AvgIpc) is 2.70. The summed E-state index contributed by atoms with van der Waals surface area (Å²) in [4.78, 5) is 4.66. The summed E-state index contributed by atoms with van der Waals surface area (Å²) in [6, 6.07) is 0. The Labute approximate surface area is 112 Å². The van der Waals surface area contributed by atoms with Crippen LogP contribution in [0.2, 0.25) is 0 Å². The molecule has 7 heteroatoms. The number of nitrogens with one attached hydrogen (secondary N) is 1. The van der Waals surface area contributed by atoms with E-state index in [1.807, 2.05) is 0 Å². The molecule has 1 aliphatic rings. The van der Waals surface area contributed by atoms with Crippen molar-refractivity contribution in [1.82, 2.24) is 19.4 Å². The van der Waals surface area contributed by atoms with Crippen molar-refractivity contribution in [3.05, 3.63) is 5.69 Å². The van der Waals surface area contributed by atoms with Gasteiger partial charge in [-0.25, -0.2) is 5.84 Å². The van der Waals surface area contributed by atoms with Crippen molar-refractivity contribution in [3.63, 3.8) is 0 Å². The number of hydrogen-bond acceptors (Lipinski definition) is 7. The Morgan fingerprint density at radius 3 is 2.61 bits per heavy atom. The summed E-state index contributed by atoms with van der Waals surface area (Å²) in [5.41, 5.74) is 3.92. The standard InChI is InChI=1S/C11H22N6S/c1-16(2)11(5-4-6-11)8-17(3)7-9-10(13-12)18-15-14-9/h13H,4-8,12H2,1-3H3. The van der Waals surface area contributed by atoms with Crippen LogP contribution in [0.3, 0.4) is 0 Å². The van der Waals surface area contributed by atoms with E-state index in [0.29, 0.717) is 5.54 Å². The molecule has 0 saturated heterocycles. The first-order valence-corrected chi connectivity index (χ1v) is 6.98. The Balaban J connectivity index is 1.94. The Morgan fingerprint density at radius 1 is 1.39 bits per heavy atom. The number of nitrogens with zero attached hydrogens (tertiary/aromatic N) is 4. The zero-order valence-electron chi connectivity index (χ0n) is 11.3. The molecule has 2 rings (SSSR count). The van der Waals surface area contributed by atoms with Crippen molar-refractivity contribution in [1.29, 1.82) is 0 Å². The normalized spacial score (nSPS) is 18.1. The summed E-state index contributed by atoms with van der Waals surface area (Å²) in [5, 5.41) is 4.97. The first-order chi connectivity index (χ1) is 8.57. The van der Waals surface area contributed by atoms with Gasteiger partial charge < -0.3 is 10.3 Å². The van der Waals surface area contributed by atoms with E-state index >= 15 is 0 Å². The smallest absolute Gasteiger partial charge is 0.148 e. The molecule has 1 aliphatic carbocycles. The highest BCUT2D eigenvalue weighted by Crippen LogP contribution is 2.36. The number of nitrogens with two attached hydrogens (primary N) is 1. The summed E-state index contributed by atoms with van der Waals surface area (Å²) in [6.45, 7) is 1.84. The molecule has 1 aromatic heterocycles. The molecule has 1 saturated carbocycles. The van der Waals surface area contributed by atoms with Crippen LogP contribution in [0.1, 0.15) is 25.0 Å². The van der Waals surface area contributed by atoms with E-state index in [4.69, 9.17) is 5.84 Å². The van der Waals surface area contributed by atoms with Gasteiger partial charge in [0.15, 0.2) is 0 Å². The second-order valence-corrected chi connectivity index (χ2v) is 6.09. The molecular formula is C11H22N6S. The van der Waals surface area contributed by atoms with E-state index in [1.165, 1.54) is 30.8 Å². The molecule has 1 aromatic rings. The first kappa shape index (κ1) is 13.7. The second kappa shape index (κ2) is 5.48. The van der Waals surface area contributed by atoms with Crippen LogP contribution in [0.25, 0.3) is 0 Å². The van der Waals surface area contributed by atoms with Crippen LogP contribution in [0.4, 0.5) is 5.00 Å².